The van der Waals surface area contributed by atoms with Crippen LogP contribution in [0.5, 0.6) is 0 Å². The first-order valence-electron chi connectivity index (χ1n) is 7.10. The van der Waals surface area contributed by atoms with Crippen molar-refractivity contribution >= 4 is 28.6 Å². The molecule has 1 fully saturated rings. The number of thiophene rings is 1. The molecule has 1 atom stereocenters. The van der Waals surface area contributed by atoms with Crippen molar-refractivity contribution < 1.29 is 9.66 Å². The highest BCUT2D eigenvalue weighted by atomic mass is 32.1. The third-order valence-electron chi connectivity index (χ3n) is 3.82. The Kier molecular flexibility index (Phi) is 3.43. The van der Waals surface area contributed by atoms with Gasteiger partial charge in [0.2, 0.25) is 5.65 Å². The molecule has 0 spiro atoms. The highest BCUT2D eigenvalue weighted by molar-refractivity contribution is 7.07. The zero-order valence-electron chi connectivity index (χ0n) is 12.0. The molecule has 1 aliphatic rings. The first-order valence-corrected chi connectivity index (χ1v) is 8.04. The van der Waals surface area contributed by atoms with Crippen molar-refractivity contribution in [1.82, 2.24) is 14.6 Å². The summed E-state index contributed by atoms with van der Waals surface area (Å²) in [5.41, 5.74) is 1.61. The van der Waals surface area contributed by atoms with Crippen LogP contribution in [0.3, 0.4) is 0 Å². The quantitative estimate of drug-likeness (QED) is 0.540. The average molecular weight is 331 g/mol. The van der Waals surface area contributed by atoms with Crippen LogP contribution in [0.4, 0.5) is 11.6 Å². The van der Waals surface area contributed by atoms with E-state index in [1.165, 1.54) is 10.7 Å². The van der Waals surface area contributed by atoms with Gasteiger partial charge in [0.05, 0.1) is 13.2 Å². The fourth-order valence-corrected chi connectivity index (χ4v) is 3.36. The maximum absolute atomic E-state index is 11.0. The monoisotopic (exact) mass is 331 g/mol. The van der Waals surface area contributed by atoms with Crippen molar-refractivity contribution in [3.63, 3.8) is 0 Å². The lowest BCUT2D eigenvalue weighted by Gasteiger charge is -2.32. The molecule has 0 amide bonds. The summed E-state index contributed by atoms with van der Waals surface area (Å²) in [4.78, 5) is 16.6. The predicted molar refractivity (Wildman–Crippen MR) is 84.9 cm³/mol. The molecular weight excluding hydrogens is 318 g/mol. The highest BCUT2D eigenvalue weighted by Gasteiger charge is 2.25. The van der Waals surface area contributed by atoms with Crippen molar-refractivity contribution in [3.8, 4) is 0 Å². The number of fused-ring (bicyclic) bond motifs is 1. The number of nitro groups is 1. The van der Waals surface area contributed by atoms with Crippen LogP contribution in [-0.2, 0) is 4.74 Å². The first-order chi connectivity index (χ1) is 11.2. The fraction of sp³-hybridized carbons (Fsp3) is 0.286. The molecular formula is C14H13N5O3S. The summed E-state index contributed by atoms with van der Waals surface area (Å²) in [5, 5.41) is 19.5. The molecule has 3 aromatic rings. The summed E-state index contributed by atoms with van der Waals surface area (Å²) in [7, 11) is 0. The van der Waals surface area contributed by atoms with Crippen molar-refractivity contribution in [1.29, 1.82) is 0 Å². The van der Waals surface area contributed by atoms with E-state index in [0.29, 0.717) is 31.2 Å². The van der Waals surface area contributed by atoms with Gasteiger partial charge in [-0.3, -0.25) is 0 Å². The van der Waals surface area contributed by atoms with Gasteiger partial charge < -0.3 is 19.8 Å². The molecule has 0 aromatic carbocycles. The van der Waals surface area contributed by atoms with Crippen molar-refractivity contribution in [3.05, 3.63) is 50.8 Å². The predicted octanol–water partition coefficient (Wildman–Crippen LogP) is 2.28. The lowest BCUT2D eigenvalue weighted by molar-refractivity contribution is -0.391. The minimum Gasteiger partial charge on any atom is -0.370 e. The molecule has 1 unspecified atom stereocenters. The lowest BCUT2D eigenvalue weighted by atomic mass is 10.1. The Bertz CT molecular complexity index is 847. The molecule has 0 N–H and O–H groups in total. The minimum absolute atomic E-state index is 0.00901. The van der Waals surface area contributed by atoms with Gasteiger partial charge in [-0.1, -0.05) is 9.61 Å². The summed E-state index contributed by atoms with van der Waals surface area (Å²) in [6.07, 6.45) is 1.21. The lowest BCUT2D eigenvalue weighted by Crippen LogP contribution is -2.39. The van der Waals surface area contributed by atoms with Gasteiger partial charge in [0.25, 0.3) is 0 Å². The maximum Gasteiger partial charge on any atom is 0.368 e. The molecule has 3 aromatic heterocycles. The Hall–Kier alpha value is -2.52. The average Bonchev–Trinajstić information content (AvgIpc) is 3.24. The summed E-state index contributed by atoms with van der Waals surface area (Å²) in [5.74, 6) is 0.548. The van der Waals surface area contributed by atoms with Crippen LogP contribution in [0.15, 0.2) is 35.2 Å². The Morgan fingerprint density at radius 1 is 1.39 bits per heavy atom. The van der Waals surface area contributed by atoms with Crippen LogP contribution < -0.4 is 4.90 Å². The zero-order valence-corrected chi connectivity index (χ0v) is 12.8. The summed E-state index contributed by atoms with van der Waals surface area (Å²) < 4.78 is 7.09. The topological polar surface area (TPSA) is 85.8 Å². The van der Waals surface area contributed by atoms with E-state index in [1.807, 2.05) is 11.4 Å². The van der Waals surface area contributed by atoms with E-state index in [4.69, 9.17) is 4.74 Å². The summed E-state index contributed by atoms with van der Waals surface area (Å²) in [6.45, 7) is 1.95. The van der Waals surface area contributed by atoms with E-state index >= 15 is 0 Å². The summed E-state index contributed by atoms with van der Waals surface area (Å²) >= 11 is 1.64. The standard InChI is InChI=1S/C14H13N5O3S/c20-19(21)14-7-15-12-1-2-13(16-18(12)14)17-4-5-22-11(8-17)10-3-6-23-9-10/h1-3,6-7,9,11H,4-5,8H2. The van der Waals surface area contributed by atoms with Crippen LogP contribution in [0, 0.1) is 10.1 Å². The minimum atomic E-state index is -0.482. The number of ether oxygens (including phenoxy) is 1. The third kappa shape index (κ3) is 2.53. The molecule has 1 saturated heterocycles. The second kappa shape index (κ2) is 5.60. The van der Waals surface area contributed by atoms with Crippen LogP contribution in [0.25, 0.3) is 5.65 Å². The highest BCUT2D eigenvalue weighted by Crippen LogP contribution is 2.27. The van der Waals surface area contributed by atoms with Crippen LogP contribution >= 0.6 is 11.3 Å². The number of anilines is 1. The molecule has 23 heavy (non-hydrogen) atoms. The van der Waals surface area contributed by atoms with Gasteiger partial charge in [0.1, 0.15) is 12.3 Å². The number of morpholine rings is 1. The smallest absolute Gasteiger partial charge is 0.368 e. The molecule has 4 rings (SSSR count). The number of hydrogen-bond acceptors (Lipinski definition) is 7. The van der Waals surface area contributed by atoms with Crippen molar-refractivity contribution in [2.45, 2.75) is 6.10 Å². The number of aromatic nitrogens is 3. The molecule has 0 aliphatic carbocycles. The van der Waals surface area contributed by atoms with Gasteiger partial charge in [-0.15, -0.1) is 0 Å². The SMILES string of the molecule is O=[N+]([O-])c1cnc2ccc(N3CCOC(c4ccsc4)C3)nn12. The van der Waals surface area contributed by atoms with Gasteiger partial charge in [-0.25, -0.2) is 4.98 Å². The van der Waals surface area contributed by atoms with E-state index in [9.17, 15) is 10.1 Å². The van der Waals surface area contributed by atoms with Gasteiger partial charge in [-0.05, 0) is 33.4 Å². The second-order valence-electron chi connectivity index (χ2n) is 5.20. The molecule has 118 valence electrons. The molecule has 8 nitrogen and oxygen atoms in total. The maximum atomic E-state index is 11.0. The first kappa shape index (κ1) is 14.1. The molecule has 0 radical (unpaired) electrons. The van der Waals surface area contributed by atoms with E-state index in [2.05, 4.69) is 26.4 Å². The summed E-state index contributed by atoms with van der Waals surface area (Å²) in [6, 6.07) is 5.63. The van der Waals surface area contributed by atoms with Gasteiger partial charge >= 0.3 is 5.82 Å². The Labute approximate surface area is 135 Å². The molecule has 1 aliphatic heterocycles. The van der Waals surface area contributed by atoms with E-state index in [0.717, 1.165) is 5.56 Å². The third-order valence-corrected chi connectivity index (χ3v) is 4.52. The Morgan fingerprint density at radius 3 is 3.09 bits per heavy atom. The van der Waals surface area contributed by atoms with E-state index in [-0.39, 0.29) is 11.9 Å². The Balaban J connectivity index is 1.65. The molecule has 9 heteroatoms. The fourth-order valence-electron chi connectivity index (χ4n) is 2.66. The number of nitrogens with zero attached hydrogens (tertiary/aromatic N) is 5. The van der Waals surface area contributed by atoms with Crippen LogP contribution in [0.1, 0.15) is 11.7 Å². The van der Waals surface area contributed by atoms with Crippen LogP contribution in [-0.4, -0.2) is 39.2 Å². The molecule has 4 heterocycles. The van der Waals surface area contributed by atoms with E-state index in [1.54, 1.807) is 17.4 Å². The largest absolute Gasteiger partial charge is 0.370 e. The van der Waals surface area contributed by atoms with E-state index < -0.39 is 4.92 Å². The van der Waals surface area contributed by atoms with Gasteiger partial charge in [0, 0.05) is 12.6 Å². The number of rotatable bonds is 3. The number of imidazole rings is 1. The number of hydrogen-bond donors (Lipinski definition) is 0. The zero-order chi connectivity index (χ0) is 15.8. The Morgan fingerprint density at radius 2 is 2.30 bits per heavy atom. The van der Waals surface area contributed by atoms with Gasteiger partial charge in [-0.2, -0.15) is 11.3 Å². The van der Waals surface area contributed by atoms with Gasteiger partial charge in [0.15, 0.2) is 5.82 Å². The molecule has 0 bridgehead atoms. The van der Waals surface area contributed by atoms with Crippen molar-refractivity contribution in [2.24, 2.45) is 0 Å². The second-order valence-corrected chi connectivity index (χ2v) is 5.98. The van der Waals surface area contributed by atoms with Crippen molar-refractivity contribution in [2.75, 3.05) is 24.6 Å². The molecule has 0 saturated carbocycles. The van der Waals surface area contributed by atoms with Crippen LogP contribution in [0.2, 0.25) is 0 Å². The normalized spacial score (nSPS) is 18.4.